The molecule has 0 fully saturated rings. The number of hydrogen-bond acceptors (Lipinski definition) is 7. The molecule has 6 aromatic heterocycles. The van der Waals surface area contributed by atoms with E-state index >= 15 is 0 Å². The second kappa shape index (κ2) is 10.0. The molecular weight excluding hydrogens is 500 g/mol. The molecule has 40 heavy (non-hydrogen) atoms. The summed E-state index contributed by atoms with van der Waals surface area (Å²) in [6.07, 6.45) is 10.3. The molecule has 1 atom stereocenters. The summed E-state index contributed by atoms with van der Waals surface area (Å²) < 4.78 is 0. The van der Waals surface area contributed by atoms with Crippen molar-refractivity contribution in [2.45, 2.75) is 12.6 Å². The molecule has 194 valence electrons. The zero-order valence-electron chi connectivity index (χ0n) is 21.3. The summed E-state index contributed by atoms with van der Waals surface area (Å²) in [6, 6.07) is 21.8. The first-order chi connectivity index (χ1) is 19.7. The first-order valence-electron chi connectivity index (χ1n) is 12.9. The number of anilines is 1. The molecule has 1 unspecified atom stereocenters. The minimum Gasteiger partial charge on any atom is -0.373 e. The van der Waals surface area contributed by atoms with Crippen LogP contribution >= 0.6 is 0 Å². The minimum absolute atomic E-state index is 0.482. The number of fused-ring (bicyclic) bond motifs is 2. The number of nitrogens with one attached hydrogen (secondary N) is 3. The summed E-state index contributed by atoms with van der Waals surface area (Å²) in [5.74, 6) is 0. The van der Waals surface area contributed by atoms with Crippen LogP contribution in [-0.2, 0) is 6.42 Å². The van der Waals surface area contributed by atoms with E-state index < -0.39 is 6.23 Å². The van der Waals surface area contributed by atoms with Gasteiger partial charge in [0.25, 0.3) is 0 Å². The maximum atomic E-state index is 10.6. The predicted molar refractivity (Wildman–Crippen MR) is 155 cm³/mol. The Kier molecular flexibility index (Phi) is 5.95. The number of aliphatic hydroxyl groups excluding tert-OH is 1. The quantitative estimate of drug-likeness (QED) is 0.200. The number of aromatic amines is 2. The fourth-order valence-corrected chi connectivity index (χ4v) is 4.96. The maximum absolute atomic E-state index is 10.6. The molecule has 0 aliphatic rings. The fraction of sp³-hybridized carbons (Fsp3) is 0.0645. The number of H-pyrrole nitrogens is 2. The Morgan fingerprint density at radius 1 is 0.800 bits per heavy atom. The highest BCUT2D eigenvalue weighted by Crippen LogP contribution is 2.34. The third-order valence-electron chi connectivity index (χ3n) is 6.86. The molecule has 0 saturated carbocycles. The molecule has 4 N–H and O–H groups in total. The predicted octanol–water partition coefficient (Wildman–Crippen LogP) is 5.60. The average molecular weight is 525 g/mol. The first kappa shape index (κ1) is 23.7. The van der Waals surface area contributed by atoms with Crippen LogP contribution in [0.15, 0.2) is 104 Å². The van der Waals surface area contributed by atoms with E-state index in [4.69, 9.17) is 0 Å². The molecule has 0 spiro atoms. The lowest BCUT2D eigenvalue weighted by Crippen LogP contribution is -2.21. The Balaban J connectivity index is 1.21. The van der Waals surface area contributed by atoms with Crippen LogP contribution in [0.1, 0.15) is 5.56 Å². The van der Waals surface area contributed by atoms with Gasteiger partial charge in [0, 0.05) is 47.5 Å². The van der Waals surface area contributed by atoms with Crippen LogP contribution in [0.25, 0.3) is 55.7 Å². The van der Waals surface area contributed by atoms with Gasteiger partial charge in [-0.1, -0.05) is 30.3 Å². The fourth-order valence-electron chi connectivity index (χ4n) is 4.96. The highest BCUT2D eigenvalue weighted by Gasteiger charge is 2.16. The summed E-state index contributed by atoms with van der Waals surface area (Å²) in [6.45, 7) is 0. The molecule has 0 radical (unpaired) electrons. The zero-order valence-corrected chi connectivity index (χ0v) is 21.3. The smallest absolute Gasteiger partial charge is 0.138 e. The monoisotopic (exact) mass is 524 g/mol. The first-order valence-corrected chi connectivity index (χ1v) is 12.9. The highest BCUT2D eigenvalue weighted by molar-refractivity contribution is 6.00. The molecule has 0 aliphatic carbocycles. The van der Waals surface area contributed by atoms with Crippen molar-refractivity contribution in [3.05, 3.63) is 109 Å². The third kappa shape index (κ3) is 4.55. The lowest BCUT2D eigenvalue weighted by molar-refractivity contribution is 0.204. The van der Waals surface area contributed by atoms with Crippen LogP contribution in [0.2, 0.25) is 0 Å². The van der Waals surface area contributed by atoms with Crippen molar-refractivity contribution in [2.75, 3.05) is 5.32 Å². The molecule has 7 aromatic rings. The number of rotatable bonds is 7. The Labute approximate surface area is 229 Å². The average Bonchev–Trinajstić information content (AvgIpc) is 3.62. The molecule has 7 rings (SSSR count). The Bertz CT molecular complexity index is 1930. The zero-order chi connectivity index (χ0) is 26.9. The molecule has 6 heterocycles. The lowest BCUT2D eigenvalue weighted by atomic mass is 10.0. The van der Waals surface area contributed by atoms with E-state index in [0.29, 0.717) is 12.1 Å². The maximum Gasteiger partial charge on any atom is 0.138 e. The van der Waals surface area contributed by atoms with Gasteiger partial charge in [-0.05, 0) is 53.1 Å². The van der Waals surface area contributed by atoms with E-state index in [1.165, 1.54) is 0 Å². The molecular formula is C31H24N8O. The van der Waals surface area contributed by atoms with Gasteiger partial charge in [0.1, 0.15) is 17.6 Å². The number of benzene rings is 1. The van der Waals surface area contributed by atoms with Crippen molar-refractivity contribution in [1.29, 1.82) is 0 Å². The van der Waals surface area contributed by atoms with E-state index in [0.717, 1.165) is 61.3 Å². The Hall–Kier alpha value is -5.41. The van der Waals surface area contributed by atoms with Crippen molar-refractivity contribution < 1.29 is 5.11 Å². The Morgan fingerprint density at radius 3 is 2.55 bits per heavy atom. The number of nitrogens with zero attached hydrogens (tertiary/aromatic N) is 5. The van der Waals surface area contributed by atoms with Crippen LogP contribution in [0.4, 0.5) is 5.69 Å². The molecule has 9 nitrogen and oxygen atoms in total. The minimum atomic E-state index is -0.747. The summed E-state index contributed by atoms with van der Waals surface area (Å²) in [7, 11) is 0. The van der Waals surface area contributed by atoms with Crippen LogP contribution in [-0.4, -0.2) is 46.5 Å². The van der Waals surface area contributed by atoms with Gasteiger partial charge in [-0.3, -0.25) is 20.1 Å². The highest BCUT2D eigenvalue weighted by atomic mass is 16.3. The van der Waals surface area contributed by atoms with Crippen molar-refractivity contribution in [1.82, 2.24) is 35.1 Å². The van der Waals surface area contributed by atoms with Gasteiger partial charge in [-0.15, -0.1) is 0 Å². The number of pyridine rings is 4. The van der Waals surface area contributed by atoms with Crippen molar-refractivity contribution in [3.8, 4) is 33.8 Å². The standard InChI is InChI=1S/C31H24N8O/c40-29(12-19-4-2-1-3-5-19)36-22-13-21(16-33-17-22)26-15-25-28(18-35-26)38-39-30(25)27-14-24-23(8-11-34-31(24)37-27)20-6-9-32-10-7-20/h1-11,13-18,29,36,40H,12H2,(H,34,37)(H,38,39). The summed E-state index contributed by atoms with van der Waals surface area (Å²) in [5, 5.41) is 23.3. The second-order valence-corrected chi connectivity index (χ2v) is 9.54. The van der Waals surface area contributed by atoms with E-state index in [9.17, 15) is 5.11 Å². The molecule has 1 aromatic carbocycles. The van der Waals surface area contributed by atoms with Crippen molar-refractivity contribution in [3.63, 3.8) is 0 Å². The summed E-state index contributed by atoms with van der Waals surface area (Å²) in [4.78, 5) is 21.1. The molecule has 0 aliphatic heterocycles. The van der Waals surface area contributed by atoms with Crippen LogP contribution in [0, 0.1) is 0 Å². The number of aromatic nitrogens is 7. The topological polar surface area (TPSA) is 128 Å². The van der Waals surface area contributed by atoms with Gasteiger partial charge in [0.15, 0.2) is 0 Å². The van der Waals surface area contributed by atoms with Crippen LogP contribution < -0.4 is 5.32 Å². The van der Waals surface area contributed by atoms with Gasteiger partial charge in [0.05, 0.1) is 35.0 Å². The van der Waals surface area contributed by atoms with Gasteiger partial charge >= 0.3 is 0 Å². The lowest BCUT2D eigenvalue weighted by Gasteiger charge is -2.14. The molecule has 0 bridgehead atoms. The molecule has 0 amide bonds. The van der Waals surface area contributed by atoms with E-state index in [1.54, 1.807) is 37.2 Å². The molecule has 0 saturated heterocycles. The SMILES string of the molecule is OC(Cc1ccccc1)Nc1cncc(-c2cc3c(-c4cc5c(-c6ccncc6)ccnc5[nH]4)n[nH]c3cn2)c1. The van der Waals surface area contributed by atoms with E-state index in [-0.39, 0.29) is 0 Å². The van der Waals surface area contributed by atoms with Gasteiger partial charge in [0.2, 0.25) is 0 Å². The van der Waals surface area contributed by atoms with Crippen molar-refractivity contribution >= 4 is 27.6 Å². The number of aliphatic hydroxyl groups is 1. The largest absolute Gasteiger partial charge is 0.373 e. The normalized spacial score (nSPS) is 12.1. The van der Waals surface area contributed by atoms with Crippen LogP contribution in [0.3, 0.4) is 0 Å². The molecule has 9 heteroatoms. The number of hydrogen-bond donors (Lipinski definition) is 4. The van der Waals surface area contributed by atoms with Gasteiger partial charge < -0.3 is 15.4 Å². The van der Waals surface area contributed by atoms with Crippen LogP contribution in [0.5, 0.6) is 0 Å². The van der Waals surface area contributed by atoms with Gasteiger partial charge in [-0.2, -0.15) is 5.10 Å². The Morgan fingerprint density at radius 2 is 1.68 bits per heavy atom. The second-order valence-electron chi connectivity index (χ2n) is 9.54. The van der Waals surface area contributed by atoms with Gasteiger partial charge in [-0.25, -0.2) is 4.98 Å². The third-order valence-corrected chi connectivity index (χ3v) is 6.86. The summed E-state index contributed by atoms with van der Waals surface area (Å²) >= 11 is 0. The summed E-state index contributed by atoms with van der Waals surface area (Å²) in [5.41, 5.74) is 8.70. The van der Waals surface area contributed by atoms with E-state index in [2.05, 4.69) is 46.5 Å². The van der Waals surface area contributed by atoms with E-state index in [1.807, 2.05) is 60.7 Å². The van der Waals surface area contributed by atoms with Crippen molar-refractivity contribution in [2.24, 2.45) is 0 Å².